The third-order valence-electron chi connectivity index (χ3n) is 5.33. The van der Waals surface area contributed by atoms with Gasteiger partial charge in [0.05, 0.1) is 12.6 Å². The molecule has 0 radical (unpaired) electrons. The number of aromatic amines is 1. The summed E-state index contributed by atoms with van der Waals surface area (Å²) in [7, 11) is 0. The van der Waals surface area contributed by atoms with Gasteiger partial charge in [0.25, 0.3) is 0 Å². The number of para-hydroxylation sites is 1. The maximum absolute atomic E-state index is 14.3. The average molecular weight is 487 g/mol. The van der Waals surface area contributed by atoms with Gasteiger partial charge in [0.15, 0.2) is 11.0 Å². The molecule has 1 aliphatic rings. The summed E-state index contributed by atoms with van der Waals surface area (Å²) in [6.45, 7) is 1.48. The summed E-state index contributed by atoms with van der Waals surface area (Å²) in [4.78, 5) is 3.31. The minimum absolute atomic E-state index is 0.147. The molecule has 2 aromatic carbocycles. The fourth-order valence-electron chi connectivity index (χ4n) is 3.79. The van der Waals surface area contributed by atoms with Crippen molar-refractivity contribution in [3.63, 3.8) is 0 Å². The highest BCUT2D eigenvalue weighted by atomic mass is 79.9. The molecule has 1 saturated heterocycles. The van der Waals surface area contributed by atoms with Gasteiger partial charge in [0, 0.05) is 39.5 Å². The first-order valence-electron chi connectivity index (χ1n) is 9.87. The van der Waals surface area contributed by atoms with Crippen LogP contribution in [0, 0.1) is 5.82 Å². The fourth-order valence-corrected chi connectivity index (χ4v) is 5.06. The number of hydrogen-bond donors (Lipinski definition) is 1. The van der Waals surface area contributed by atoms with E-state index in [0.29, 0.717) is 17.9 Å². The van der Waals surface area contributed by atoms with Crippen LogP contribution in [0.3, 0.4) is 0 Å². The Morgan fingerprint density at radius 3 is 2.97 bits per heavy atom. The van der Waals surface area contributed by atoms with Crippen LogP contribution in [-0.2, 0) is 17.0 Å². The summed E-state index contributed by atoms with van der Waals surface area (Å²) in [5.74, 6) is 1.07. The van der Waals surface area contributed by atoms with Crippen molar-refractivity contribution in [2.75, 3.05) is 6.61 Å². The number of rotatable bonds is 6. The molecule has 1 N–H and O–H groups in total. The van der Waals surface area contributed by atoms with Crippen molar-refractivity contribution in [2.24, 2.45) is 0 Å². The average Bonchev–Trinajstić information content (AvgIpc) is 3.48. The monoisotopic (exact) mass is 486 g/mol. The Bertz CT molecular complexity index is 1190. The molecule has 0 spiro atoms. The third-order valence-corrected chi connectivity index (χ3v) is 6.84. The third kappa shape index (κ3) is 3.91. The van der Waals surface area contributed by atoms with Crippen LogP contribution in [0.15, 0.2) is 58.3 Å². The smallest absolute Gasteiger partial charge is 0.191 e. The molecule has 154 valence electrons. The maximum atomic E-state index is 14.3. The van der Waals surface area contributed by atoms with Crippen LogP contribution in [0.25, 0.3) is 22.3 Å². The van der Waals surface area contributed by atoms with E-state index in [2.05, 4.69) is 41.7 Å². The van der Waals surface area contributed by atoms with Crippen molar-refractivity contribution in [1.29, 1.82) is 0 Å². The van der Waals surface area contributed by atoms with Crippen molar-refractivity contribution in [3.05, 3.63) is 64.5 Å². The number of nitrogens with one attached hydrogen (secondary N) is 1. The Morgan fingerprint density at radius 1 is 1.23 bits per heavy atom. The molecule has 1 fully saturated rings. The van der Waals surface area contributed by atoms with Crippen LogP contribution in [-0.4, -0.2) is 32.5 Å². The highest BCUT2D eigenvalue weighted by Crippen LogP contribution is 2.32. The predicted octanol–water partition coefficient (Wildman–Crippen LogP) is 5.80. The highest BCUT2D eigenvalue weighted by molar-refractivity contribution is 9.10. The van der Waals surface area contributed by atoms with Gasteiger partial charge in [-0.1, -0.05) is 52.0 Å². The van der Waals surface area contributed by atoms with Crippen molar-refractivity contribution in [3.8, 4) is 11.4 Å². The van der Waals surface area contributed by atoms with Gasteiger partial charge in [-0.2, -0.15) is 0 Å². The number of hydrogen-bond acceptors (Lipinski definition) is 4. The molecular formula is C22H20BrFN4OS. The predicted molar refractivity (Wildman–Crippen MR) is 120 cm³/mol. The van der Waals surface area contributed by atoms with Gasteiger partial charge in [-0.25, -0.2) is 4.39 Å². The molecule has 1 aliphatic heterocycles. The van der Waals surface area contributed by atoms with Gasteiger partial charge < -0.3 is 9.72 Å². The quantitative estimate of drug-likeness (QED) is 0.350. The van der Waals surface area contributed by atoms with Crippen molar-refractivity contribution in [2.45, 2.75) is 36.4 Å². The van der Waals surface area contributed by atoms with Gasteiger partial charge in [0.1, 0.15) is 5.82 Å². The van der Waals surface area contributed by atoms with E-state index < -0.39 is 0 Å². The highest BCUT2D eigenvalue weighted by Gasteiger charge is 2.23. The van der Waals surface area contributed by atoms with E-state index in [1.54, 1.807) is 6.07 Å². The lowest BCUT2D eigenvalue weighted by Gasteiger charge is -2.14. The summed E-state index contributed by atoms with van der Waals surface area (Å²) in [5.41, 5.74) is 2.71. The maximum Gasteiger partial charge on any atom is 0.191 e. The van der Waals surface area contributed by atoms with E-state index in [1.807, 2.05) is 30.5 Å². The van der Waals surface area contributed by atoms with E-state index in [9.17, 15) is 4.39 Å². The number of nitrogens with zero attached hydrogens (tertiary/aromatic N) is 3. The summed E-state index contributed by atoms with van der Waals surface area (Å²) in [5, 5.41) is 10.8. The Balaban J connectivity index is 1.49. The minimum atomic E-state index is -0.223. The van der Waals surface area contributed by atoms with Crippen LogP contribution in [0.4, 0.5) is 4.39 Å². The first kappa shape index (κ1) is 19.8. The molecule has 5 nitrogen and oxygen atoms in total. The Kier molecular flexibility index (Phi) is 5.62. The van der Waals surface area contributed by atoms with E-state index in [0.717, 1.165) is 51.4 Å². The number of fused-ring (bicyclic) bond motifs is 1. The van der Waals surface area contributed by atoms with E-state index in [1.165, 1.54) is 17.8 Å². The van der Waals surface area contributed by atoms with Crippen LogP contribution in [0.1, 0.15) is 18.4 Å². The van der Waals surface area contributed by atoms with Gasteiger partial charge in [-0.05, 0) is 36.6 Å². The normalized spacial score (nSPS) is 16.5. The Labute approximate surface area is 186 Å². The Morgan fingerprint density at radius 2 is 2.13 bits per heavy atom. The van der Waals surface area contributed by atoms with Gasteiger partial charge in [-0.15, -0.1) is 10.2 Å². The Hall–Kier alpha value is -2.16. The molecule has 5 rings (SSSR count). The molecule has 8 heteroatoms. The lowest BCUT2D eigenvalue weighted by atomic mass is 10.1. The van der Waals surface area contributed by atoms with Crippen LogP contribution in [0.2, 0.25) is 0 Å². The molecular weight excluding hydrogens is 467 g/mol. The van der Waals surface area contributed by atoms with Crippen molar-refractivity contribution in [1.82, 2.24) is 19.7 Å². The lowest BCUT2D eigenvalue weighted by molar-refractivity contribution is 0.0953. The van der Waals surface area contributed by atoms with Crippen LogP contribution >= 0.6 is 27.7 Å². The molecule has 3 heterocycles. The van der Waals surface area contributed by atoms with Crippen LogP contribution < -0.4 is 0 Å². The lowest BCUT2D eigenvalue weighted by Crippen LogP contribution is -2.16. The standard InChI is InChI=1S/C22H20BrFN4OS/c23-15-8-7-14(19(24)10-15)13-30-22-27-26-21(28(22)12-16-4-3-9-29-16)18-11-25-20-6-2-1-5-17(18)20/h1-2,5-8,10-11,16,25H,3-4,9,12-13H2. The molecule has 4 aromatic rings. The molecule has 0 amide bonds. The van der Waals surface area contributed by atoms with E-state index in [4.69, 9.17) is 4.74 Å². The molecule has 2 aromatic heterocycles. The molecule has 1 atom stereocenters. The first-order valence-corrected chi connectivity index (χ1v) is 11.6. The molecule has 0 saturated carbocycles. The first-order chi connectivity index (χ1) is 14.7. The van der Waals surface area contributed by atoms with Crippen molar-refractivity contribution >= 4 is 38.6 Å². The van der Waals surface area contributed by atoms with E-state index in [-0.39, 0.29) is 11.9 Å². The second-order valence-electron chi connectivity index (χ2n) is 7.32. The summed E-state index contributed by atoms with van der Waals surface area (Å²) < 4.78 is 23.0. The zero-order valence-corrected chi connectivity index (χ0v) is 18.5. The molecule has 1 unspecified atom stereocenters. The van der Waals surface area contributed by atoms with Crippen LogP contribution in [0.5, 0.6) is 0 Å². The molecule has 0 aliphatic carbocycles. The number of benzene rings is 2. The topological polar surface area (TPSA) is 55.7 Å². The number of ether oxygens (including phenoxy) is 1. The molecule has 30 heavy (non-hydrogen) atoms. The second kappa shape index (κ2) is 8.53. The number of aromatic nitrogens is 4. The number of H-pyrrole nitrogens is 1. The number of thioether (sulfide) groups is 1. The van der Waals surface area contributed by atoms with Crippen molar-refractivity contribution < 1.29 is 9.13 Å². The van der Waals surface area contributed by atoms with Gasteiger partial charge in [-0.3, -0.25) is 4.57 Å². The fraction of sp³-hybridized carbons (Fsp3) is 0.273. The summed E-state index contributed by atoms with van der Waals surface area (Å²) in [6, 6.07) is 13.3. The second-order valence-corrected chi connectivity index (χ2v) is 9.18. The minimum Gasteiger partial charge on any atom is -0.376 e. The summed E-state index contributed by atoms with van der Waals surface area (Å²) >= 11 is 4.80. The number of halogens is 2. The zero-order chi connectivity index (χ0) is 20.5. The van der Waals surface area contributed by atoms with Gasteiger partial charge >= 0.3 is 0 Å². The molecule has 0 bridgehead atoms. The zero-order valence-electron chi connectivity index (χ0n) is 16.1. The largest absolute Gasteiger partial charge is 0.376 e. The van der Waals surface area contributed by atoms with Gasteiger partial charge in [0.2, 0.25) is 0 Å². The van der Waals surface area contributed by atoms with E-state index >= 15 is 0 Å². The summed E-state index contributed by atoms with van der Waals surface area (Å²) in [6.07, 6.45) is 4.22. The SMILES string of the molecule is Fc1cc(Br)ccc1CSc1nnc(-c2c[nH]c3ccccc23)n1CC1CCCO1.